The van der Waals surface area contributed by atoms with Crippen LogP contribution in [0.3, 0.4) is 0 Å². The molecule has 34 heavy (non-hydrogen) atoms. The number of thiocarbonyl (C=S) groups is 1. The number of hydrogen-bond acceptors (Lipinski definition) is 3. The maximum atomic E-state index is 10.9. The molecule has 0 aliphatic rings. The molecule has 1 aromatic heterocycles. The summed E-state index contributed by atoms with van der Waals surface area (Å²) < 4.78 is 2.38. The van der Waals surface area contributed by atoms with E-state index in [0.29, 0.717) is 17.1 Å². The lowest BCUT2D eigenvalue weighted by molar-refractivity contribution is 0.445. The van der Waals surface area contributed by atoms with Crippen molar-refractivity contribution >= 4 is 39.6 Å². The van der Waals surface area contributed by atoms with Gasteiger partial charge in [-0.15, -0.1) is 0 Å². The fourth-order valence-corrected chi connectivity index (χ4v) is 4.75. The van der Waals surface area contributed by atoms with Crippen LogP contribution in [0.5, 0.6) is 11.5 Å². The van der Waals surface area contributed by atoms with Crippen LogP contribution in [0, 0.1) is 13.8 Å². The van der Waals surface area contributed by atoms with Crippen LogP contribution in [0.15, 0.2) is 35.9 Å². The van der Waals surface area contributed by atoms with Gasteiger partial charge in [-0.05, 0) is 93.2 Å². The number of anilines is 1. The van der Waals surface area contributed by atoms with Crippen LogP contribution in [0.4, 0.5) is 5.69 Å². The third kappa shape index (κ3) is 4.51. The second kappa shape index (κ2) is 10.5. The van der Waals surface area contributed by atoms with Crippen LogP contribution in [0.1, 0.15) is 62.9 Å². The molecule has 0 spiro atoms. The molecule has 0 amide bonds. The lowest BCUT2D eigenvalue weighted by atomic mass is 9.98. The number of aryl methyl sites for hydroxylation is 3. The Morgan fingerprint density at radius 2 is 1.76 bits per heavy atom. The molecule has 182 valence electrons. The van der Waals surface area contributed by atoms with Crippen LogP contribution >= 0.6 is 12.2 Å². The van der Waals surface area contributed by atoms with Gasteiger partial charge in [-0.2, -0.15) is 0 Å². The Morgan fingerprint density at radius 1 is 1.06 bits per heavy atom. The summed E-state index contributed by atoms with van der Waals surface area (Å²) in [6, 6.07) is 9.75. The van der Waals surface area contributed by atoms with Gasteiger partial charge in [0.15, 0.2) is 5.11 Å². The van der Waals surface area contributed by atoms with Crippen molar-refractivity contribution in [1.29, 1.82) is 0 Å². The summed E-state index contributed by atoms with van der Waals surface area (Å²) in [5.74, 6) is 0.133. The summed E-state index contributed by atoms with van der Waals surface area (Å²) in [4.78, 5) is 2.01. The molecule has 0 saturated heterocycles. The van der Waals surface area contributed by atoms with Crippen molar-refractivity contribution in [3.8, 4) is 11.5 Å². The van der Waals surface area contributed by atoms with Crippen molar-refractivity contribution in [3.63, 3.8) is 0 Å². The number of phenols is 2. The number of nitrogens with zero attached hydrogens (tertiary/aromatic N) is 2. The standard InChI is InChI=1S/C28H37N3O2S/c1-8-13-30-19(6)18(5)22-15-21(11-12-24(22)30)31(28(34)29-7)27(17(4)9-2)23-14-20(10-3)25(32)16-26(23)33/h11-12,14-16,32-33H,8-10,13H2,1-7H3,(H,29,34). The Morgan fingerprint density at radius 3 is 2.35 bits per heavy atom. The number of fused-ring (bicyclic) bond motifs is 1. The number of aromatic hydroxyl groups is 2. The second-order valence-electron chi connectivity index (χ2n) is 8.79. The SMILES string of the molecule is CCCn1c(C)c(C)c2cc(N(C(=S)NC)C(=C(C)CC)c3cc(CC)c(O)cc3O)ccc21. The van der Waals surface area contributed by atoms with Gasteiger partial charge in [0.1, 0.15) is 11.5 Å². The summed E-state index contributed by atoms with van der Waals surface area (Å²) in [6.45, 7) is 13.7. The molecule has 0 radical (unpaired) electrons. The zero-order chi connectivity index (χ0) is 25.2. The second-order valence-corrected chi connectivity index (χ2v) is 9.17. The first kappa shape index (κ1) is 25.6. The smallest absolute Gasteiger partial charge is 0.177 e. The topological polar surface area (TPSA) is 60.7 Å². The minimum Gasteiger partial charge on any atom is -0.508 e. The van der Waals surface area contributed by atoms with E-state index in [1.165, 1.54) is 28.2 Å². The highest BCUT2D eigenvalue weighted by Crippen LogP contribution is 2.39. The molecule has 0 aliphatic carbocycles. The van der Waals surface area contributed by atoms with Crippen molar-refractivity contribution in [3.05, 3.63) is 58.3 Å². The molecular formula is C28H37N3O2S. The summed E-state index contributed by atoms with van der Waals surface area (Å²) in [6.07, 6.45) is 2.51. The minimum atomic E-state index is 0.0311. The monoisotopic (exact) mass is 479 g/mol. The van der Waals surface area contributed by atoms with Gasteiger partial charge >= 0.3 is 0 Å². The third-order valence-electron chi connectivity index (χ3n) is 6.74. The summed E-state index contributed by atoms with van der Waals surface area (Å²) in [5.41, 5.74) is 8.03. The van der Waals surface area contributed by atoms with Gasteiger partial charge in [0.05, 0.1) is 5.70 Å². The van der Waals surface area contributed by atoms with Crippen molar-refractivity contribution in [2.24, 2.45) is 0 Å². The van der Waals surface area contributed by atoms with Crippen LogP contribution < -0.4 is 10.2 Å². The first-order chi connectivity index (χ1) is 16.2. The van der Waals surface area contributed by atoms with E-state index in [0.717, 1.165) is 41.9 Å². The van der Waals surface area contributed by atoms with Gasteiger partial charge in [-0.25, -0.2) is 0 Å². The first-order valence-electron chi connectivity index (χ1n) is 12.1. The van der Waals surface area contributed by atoms with E-state index in [-0.39, 0.29) is 11.5 Å². The maximum absolute atomic E-state index is 10.9. The Bertz CT molecular complexity index is 1260. The molecule has 3 aromatic rings. The lowest BCUT2D eigenvalue weighted by Gasteiger charge is -2.30. The van der Waals surface area contributed by atoms with Crippen LogP contribution in [-0.4, -0.2) is 26.9 Å². The zero-order valence-electron chi connectivity index (χ0n) is 21.4. The quantitative estimate of drug-likeness (QED) is 0.326. The fraction of sp³-hybridized carbons (Fsp3) is 0.393. The Balaban J connectivity index is 2.31. The fourth-order valence-electron chi connectivity index (χ4n) is 4.55. The van der Waals surface area contributed by atoms with E-state index in [1.54, 1.807) is 0 Å². The van der Waals surface area contributed by atoms with Gasteiger partial charge in [-0.1, -0.05) is 20.8 Å². The van der Waals surface area contributed by atoms with Gasteiger partial charge in [0, 0.05) is 47.5 Å². The van der Waals surface area contributed by atoms with E-state index < -0.39 is 0 Å². The molecule has 0 saturated carbocycles. The highest BCUT2D eigenvalue weighted by molar-refractivity contribution is 7.80. The number of benzene rings is 2. The number of allylic oxidation sites excluding steroid dienone is 1. The number of hydrogen-bond donors (Lipinski definition) is 3. The van der Waals surface area contributed by atoms with Gasteiger partial charge in [0.2, 0.25) is 0 Å². The molecule has 0 atom stereocenters. The van der Waals surface area contributed by atoms with Crippen LogP contribution in [-0.2, 0) is 13.0 Å². The molecule has 1 heterocycles. The summed E-state index contributed by atoms with van der Waals surface area (Å²) in [7, 11) is 1.81. The molecule has 2 aromatic carbocycles. The van der Waals surface area contributed by atoms with E-state index in [4.69, 9.17) is 12.2 Å². The molecule has 0 fully saturated rings. The third-order valence-corrected chi connectivity index (χ3v) is 7.12. The Hall–Kier alpha value is -2.99. The van der Waals surface area contributed by atoms with E-state index in [9.17, 15) is 10.2 Å². The molecule has 6 heteroatoms. The molecule has 0 unspecified atom stereocenters. The first-order valence-corrected chi connectivity index (χ1v) is 12.5. The van der Waals surface area contributed by atoms with Gasteiger partial charge in [-0.3, -0.25) is 4.90 Å². The molecule has 5 nitrogen and oxygen atoms in total. The maximum Gasteiger partial charge on any atom is 0.177 e. The minimum absolute atomic E-state index is 0.0311. The molecule has 0 bridgehead atoms. The van der Waals surface area contributed by atoms with E-state index in [2.05, 4.69) is 62.7 Å². The lowest BCUT2D eigenvalue weighted by Crippen LogP contribution is -2.37. The number of nitrogens with one attached hydrogen (secondary N) is 1. The molecule has 3 rings (SSSR count). The van der Waals surface area contributed by atoms with Gasteiger partial charge < -0.3 is 20.1 Å². The average Bonchev–Trinajstić information content (AvgIpc) is 3.06. The number of phenolic OH excluding ortho intramolecular Hbond substituents is 2. The largest absolute Gasteiger partial charge is 0.508 e. The highest BCUT2D eigenvalue weighted by atomic mass is 32.1. The number of aromatic nitrogens is 1. The molecule has 0 aliphatic heterocycles. The average molecular weight is 480 g/mol. The van der Waals surface area contributed by atoms with Crippen LogP contribution in [0.25, 0.3) is 16.6 Å². The van der Waals surface area contributed by atoms with E-state index >= 15 is 0 Å². The predicted molar refractivity (Wildman–Crippen MR) is 148 cm³/mol. The molecular weight excluding hydrogens is 442 g/mol. The van der Waals surface area contributed by atoms with E-state index in [1.807, 2.05) is 24.9 Å². The predicted octanol–water partition coefficient (Wildman–Crippen LogP) is 6.79. The van der Waals surface area contributed by atoms with Crippen molar-refractivity contribution in [2.45, 2.75) is 67.3 Å². The summed E-state index contributed by atoms with van der Waals surface area (Å²) in [5, 5.41) is 26.1. The normalized spacial score (nSPS) is 12.1. The highest BCUT2D eigenvalue weighted by Gasteiger charge is 2.24. The zero-order valence-corrected chi connectivity index (χ0v) is 22.2. The number of rotatable bonds is 7. The Kier molecular flexibility index (Phi) is 7.93. The Labute approximate surface area is 208 Å². The van der Waals surface area contributed by atoms with Crippen molar-refractivity contribution in [2.75, 3.05) is 11.9 Å². The van der Waals surface area contributed by atoms with Crippen molar-refractivity contribution < 1.29 is 10.2 Å². The molecule has 3 N–H and O–H groups in total. The van der Waals surface area contributed by atoms with Crippen LogP contribution in [0.2, 0.25) is 0 Å². The summed E-state index contributed by atoms with van der Waals surface area (Å²) >= 11 is 5.80. The van der Waals surface area contributed by atoms with Crippen molar-refractivity contribution in [1.82, 2.24) is 9.88 Å². The van der Waals surface area contributed by atoms with Gasteiger partial charge in [0.25, 0.3) is 0 Å².